The number of hydrogen-bond acceptors (Lipinski definition) is 4. The standard InChI is InChI=1S/C21H30N4O3/c1-22-21(23-12-5-7-15-25-14-6-4-8-20(25)26)24-13-11-17-9-10-18(27-2)19(16-17)28-3/h4,6,8-10,14,16H,5,7,11-13,15H2,1-3H3,(H2,22,23,24). The summed E-state index contributed by atoms with van der Waals surface area (Å²) in [5.74, 6) is 2.24. The molecular formula is C21H30N4O3. The molecule has 0 amide bonds. The number of aliphatic imine (C=N–C) groups is 1. The second-order valence-electron chi connectivity index (χ2n) is 6.30. The van der Waals surface area contributed by atoms with Gasteiger partial charge in [-0.2, -0.15) is 0 Å². The largest absolute Gasteiger partial charge is 0.493 e. The maximum Gasteiger partial charge on any atom is 0.250 e. The molecule has 1 aromatic carbocycles. The zero-order valence-corrected chi connectivity index (χ0v) is 16.9. The molecule has 2 rings (SSSR count). The molecule has 152 valence electrons. The van der Waals surface area contributed by atoms with Gasteiger partial charge in [0.1, 0.15) is 0 Å². The van der Waals surface area contributed by atoms with Crippen molar-refractivity contribution in [2.45, 2.75) is 25.8 Å². The van der Waals surface area contributed by atoms with Crippen LogP contribution in [0.3, 0.4) is 0 Å². The van der Waals surface area contributed by atoms with Gasteiger partial charge in [-0.3, -0.25) is 9.79 Å². The predicted molar refractivity (Wildman–Crippen MR) is 113 cm³/mol. The molecule has 0 bridgehead atoms. The molecule has 7 heteroatoms. The van der Waals surface area contributed by atoms with Crippen molar-refractivity contribution in [1.82, 2.24) is 15.2 Å². The Kier molecular flexibility index (Phi) is 8.91. The highest BCUT2D eigenvalue weighted by molar-refractivity contribution is 5.79. The third kappa shape index (κ3) is 6.64. The van der Waals surface area contributed by atoms with Gasteiger partial charge >= 0.3 is 0 Å². The number of ether oxygens (including phenoxy) is 2. The maximum atomic E-state index is 11.7. The lowest BCUT2D eigenvalue weighted by Gasteiger charge is -2.13. The topological polar surface area (TPSA) is 76.9 Å². The molecule has 0 aliphatic heterocycles. The fourth-order valence-corrected chi connectivity index (χ4v) is 2.84. The molecule has 0 fully saturated rings. The average molecular weight is 386 g/mol. The molecule has 0 saturated carbocycles. The molecule has 2 N–H and O–H groups in total. The number of guanidine groups is 1. The van der Waals surface area contributed by atoms with Crippen LogP contribution in [-0.4, -0.2) is 44.9 Å². The second kappa shape index (κ2) is 11.7. The van der Waals surface area contributed by atoms with Gasteiger partial charge in [0.2, 0.25) is 5.56 Å². The molecule has 28 heavy (non-hydrogen) atoms. The molecule has 0 saturated heterocycles. The lowest BCUT2D eigenvalue weighted by atomic mass is 10.1. The number of nitrogens with one attached hydrogen (secondary N) is 2. The molecule has 0 radical (unpaired) electrons. The molecule has 7 nitrogen and oxygen atoms in total. The first kappa shape index (κ1) is 21.3. The lowest BCUT2D eigenvalue weighted by Crippen LogP contribution is -2.38. The van der Waals surface area contributed by atoms with E-state index in [1.165, 1.54) is 0 Å². The van der Waals surface area contributed by atoms with Crippen LogP contribution >= 0.6 is 0 Å². The van der Waals surface area contributed by atoms with Gasteiger partial charge in [0.25, 0.3) is 0 Å². The van der Waals surface area contributed by atoms with Crippen LogP contribution < -0.4 is 25.7 Å². The van der Waals surface area contributed by atoms with Crippen LogP contribution in [0.4, 0.5) is 0 Å². The molecule has 1 heterocycles. The molecule has 0 aliphatic carbocycles. The lowest BCUT2D eigenvalue weighted by molar-refractivity contribution is 0.354. The fourth-order valence-electron chi connectivity index (χ4n) is 2.84. The third-order valence-electron chi connectivity index (χ3n) is 4.39. The Morgan fingerprint density at radius 2 is 1.82 bits per heavy atom. The summed E-state index contributed by atoms with van der Waals surface area (Å²) in [7, 11) is 5.03. The summed E-state index contributed by atoms with van der Waals surface area (Å²) < 4.78 is 12.3. The van der Waals surface area contributed by atoms with Crippen LogP contribution in [0, 0.1) is 0 Å². The molecular weight excluding hydrogens is 356 g/mol. The minimum absolute atomic E-state index is 0.0445. The Morgan fingerprint density at radius 3 is 2.54 bits per heavy atom. The SMILES string of the molecule is CN=C(NCCCCn1ccccc1=O)NCCc1ccc(OC)c(OC)c1. The van der Waals surface area contributed by atoms with E-state index in [1.54, 1.807) is 38.0 Å². The quantitative estimate of drug-likeness (QED) is 0.371. The summed E-state index contributed by atoms with van der Waals surface area (Å²) in [6.07, 6.45) is 4.56. The van der Waals surface area contributed by atoms with Crippen LogP contribution in [0.2, 0.25) is 0 Å². The van der Waals surface area contributed by atoms with E-state index in [-0.39, 0.29) is 5.56 Å². The number of benzene rings is 1. The van der Waals surface area contributed by atoms with Gasteiger partial charge in [0.15, 0.2) is 17.5 Å². The molecule has 0 spiro atoms. The predicted octanol–water partition coefficient (Wildman–Crippen LogP) is 2.05. The van der Waals surface area contributed by atoms with Crippen molar-refractivity contribution in [3.8, 4) is 11.5 Å². The highest BCUT2D eigenvalue weighted by Crippen LogP contribution is 2.27. The summed E-state index contributed by atoms with van der Waals surface area (Å²) in [4.78, 5) is 15.9. The van der Waals surface area contributed by atoms with Crippen molar-refractivity contribution in [1.29, 1.82) is 0 Å². The van der Waals surface area contributed by atoms with E-state index < -0.39 is 0 Å². The number of nitrogens with zero attached hydrogens (tertiary/aromatic N) is 2. The number of unbranched alkanes of at least 4 members (excludes halogenated alkanes) is 1. The Labute approximate surface area is 166 Å². The maximum absolute atomic E-state index is 11.7. The Hall–Kier alpha value is -2.96. The van der Waals surface area contributed by atoms with Gasteiger partial charge in [-0.05, 0) is 43.0 Å². The number of hydrogen-bond donors (Lipinski definition) is 2. The van der Waals surface area contributed by atoms with Crippen LogP contribution in [0.25, 0.3) is 0 Å². The third-order valence-corrected chi connectivity index (χ3v) is 4.39. The second-order valence-corrected chi connectivity index (χ2v) is 6.30. The van der Waals surface area contributed by atoms with Gasteiger partial charge in [0, 0.05) is 38.9 Å². The van der Waals surface area contributed by atoms with Crippen LogP contribution in [0.15, 0.2) is 52.4 Å². The average Bonchev–Trinajstić information content (AvgIpc) is 2.73. The van der Waals surface area contributed by atoms with Gasteiger partial charge in [0.05, 0.1) is 14.2 Å². The van der Waals surface area contributed by atoms with Crippen molar-refractivity contribution in [3.05, 3.63) is 58.5 Å². The van der Waals surface area contributed by atoms with Crippen LogP contribution in [0.5, 0.6) is 11.5 Å². The summed E-state index contributed by atoms with van der Waals surface area (Å²) >= 11 is 0. The summed E-state index contributed by atoms with van der Waals surface area (Å²) in [5.41, 5.74) is 1.21. The van der Waals surface area contributed by atoms with E-state index in [0.717, 1.165) is 61.9 Å². The van der Waals surface area contributed by atoms with E-state index in [9.17, 15) is 4.79 Å². The van der Waals surface area contributed by atoms with Crippen molar-refractivity contribution >= 4 is 5.96 Å². The van der Waals surface area contributed by atoms with E-state index in [2.05, 4.69) is 15.6 Å². The first-order valence-electron chi connectivity index (χ1n) is 9.49. The summed E-state index contributed by atoms with van der Waals surface area (Å²) in [6, 6.07) is 11.2. The van der Waals surface area contributed by atoms with E-state index in [4.69, 9.17) is 9.47 Å². The molecule has 0 atom stereocenters. The van der Waals surface area contributed by atoms with Crippen molar-refractivity contribution in [2.75, 3.05) is 34.4 Å². The summed E-state index contributed by atoms with van der Waals surface area (Å²) in [5, 5.41) is 6.62. The zero-order valence-electron chi connectivity index (χ0n) is 16.9. The van der Waals surface area contributed by atoms with Crippen molar-refractivity contribution in [3.63, 3.8) is 0 Å². The minimum Gasteiger partial charge on any atom is -0.493 e. The van der Waals surface area contributed by atoms with E-state index >= 15 is 0 Å². The van der Waals surface area contributed by atoms with Gasteiger partial charge in [-0.15, -0.1) is 0 Å². The van der Waals surface area contributed by atoms with E-state index in [0.29, 0.717) is 0 Å². The van der Waals surface area contributed by atoms with Gasteiger partial charge in [-0.1, -0.05) is 12.1 Å². The molecule has 0 aliphatic rings. The van der Waals surface area contributed by atoms with Crippen molar-refractivity contribution in [2.24, 2.45) is 4.99 Å². The van der Waals surface area contributed by atoms with Gasteiger partial charge < -0.3 is 24.7 Å². The fraction of sp³-hybridized carbons (Fsp3) is 0.429. The summed E-state index contributed by atoms with van der Waals surface area (Å²) in [6.45, 7) is 2.29. The molecule has 1 aromatic heterocycles. The molecule has 0 unspecified atom stereocenters. The highest BCUT2D eigenvalue weighted by Gasteiger charge is 2.05. The number of pyridine rings is 1. The number of methoxy groups -OCH3 is 2. The smallest absolute Gasteiger partial charge is 0.250 e. The minimum atomic E-state index is 0.0445. The highest BCUT2D eigenvalue weighted by atomic mass is 16.5. The monoisotopic (exact) mass is 386 g/mol. The Balaban J connectivity index is 1.67. The normalized spacial score (nSPS) is 11.2. The van der Waals surface area contributed by atoms with Crippen LogP contribution in [0.1, 0.15) is 18.4 Å². The Bertz CT molecular complexity index is 817. The first-order valence-corrected chi connectivity index (χ1v) is 9.49. The van der Waals surface area contributed by atoms with Gasteiger partial charge in [-0.25, -0.2) is 0 Å². The number of aryl methyl sites for hydroxylation is 1. The zero-order chi connectivity index (χ0) is 20.2. The number of aromatic nitrogens is 1. The first-order chi connectivity index (χ1) is 13.7. The van der Waals surface area contributed by atoms with Crippen molar-refractivity contribution < 1.29 is 9.47 Å². The number of rotatable bonds is 10. The Morgan fingerprint density at radius 1 is 1.04 bits per heavy atom. The molecule has 2 aromatic rings. The van der Waals surface area contributed by atoms with Crippen LogP contribution in [-0.2, 0) is 13.0 Å². The van der Waals surface area contributed by atoms with E-state index in [1.807, 2.05) is 30.5 Å².